The number of rotatable bonds is 4. The van der Waals surface area contributed by atoms with Gasteiger partial charge in [-0.25, -0.2) is 0 Å². The number of nitrogens with zero attached hydrogens (tertiary/aromatic N) is 1. The van der Waals surface area contributed by atoms with Crippen molar-refractivity contribution >= 4 is 5.91 Å². The largest absolute Gasteiger partial charge is 0.496 e. The number of ether oxygens (including phenoxy) is 2. The summed E-state index contributed by atoms with van der Waals surface area (Å²) in [6.45, 7) is 2.41. The number of hydrogen-bond acceptors (Lipinski definition) is 4. The predicted octanol–water partition coefficient (Wildman–Crippen LogP) is 2.18. The van der Waals surface area contributed by atoms with Gasteiger partial charge >= 0.3 is 0 Å². The van der Waals surface area contributed by atoms with Crippen LogP contribution in [0.2, 0.25) is 0 Å². The minimum atomic E-state index is -0.0385. The zero-order chi connectivity index (χ0) is 17.9. The molecule has 5 heteroatoms. The Morgan fingerprint density at radius 1 is 1.15 bits per heavy atom. The van der Waals surface area contributed by atoms with E-state index in [1.807, 2.05) is 24.3 Å². The Kier molecular flexibility index (Phi) is 4.91. The summed E-state index contributed by atoms with van der Waals surface area (Å²) in [7, 11) is 1.70. The van der Waals surface area contributed by atoms with Crippen molar-refractivity contribution in [2.75, 3.05) is 26.8 Å². The molecule has 2 saturated heterocycles. The molecule has 2 aliphatic heterocycles. The number of likely N-dealkylation sites (tertiary alicyclic amines) is 1. The molecule has 2 aliphatic rings. The van der Waals surface area contributed by atoms with E-state index in [9.17, 15) is 4.79 Å². The topological polar surface area (TPSA) is 50.8 Å². The molecule has 2 aromatic rings. The number of carbonyl (C=O) groups excluding carboxylic acids is 1. The van der Waals surface area contributed by atoms with Crippen molar-refractivity contribution in [2.24, 2.45) is 0 Å². The van der Waals surface area contributed by atoms with Crippen LogP contribution < -0.4 is 10.1 Å². The minimum absolute atomic E-state index is 0.00561. The molecule has 0 radical (unpaired) electrons. The van der Waals surface area contributed by atoms with Crippen LogP contribution in [-0.2, 0) is 16.1 Å². The molecule has 2 aromatic carbocycles. The summed E-state index contributed by atoms with van der Waals surface area (Å²) in [5.74, 6) is 1.11. The maximum absolute atomic E-state index is 11.8. The maximum atomic E-state index is 11.8. The number of amides is 1. The zero-order valence-corrected chi connectivity index (χ0v) is 14.9. The number of hydrogen-bond donors (Lipinski definition) is 1. The van der Waals surface area contributed by atoms with E-state index in [0.717, 1.165) is 24.4 Å². The van der Waals surface area contributed by atoms with E-state index in [1.165, 1.54) is 5.56 Å². The summed E-state index contributed by atoms with van der Waals surface area (Å²) in [6, 6.07) is 18.7. The van der Waals surface area contributed by atoms with Crippen molar-refractivity contribution in [1.29, 1.82) is 0 Å². The van der Waals surface area contributed by atoms with Gasteiger partial charge in [0, 0.05) is 31.1 Å². The van der Waals surface area contributed by atoms with Gasteiger partial charge in [-0.05, 0) is 11.6 Å². The second-order valence-corrected chi connectivity index (χ2v) is 6.91. The molecule has 0 aliphatic carbocycles. The molecule has 1 amide bonds. The van der Waals surface area contributed by atoms with Crippen LogP contribution in [0.5, 0.6) is 5.75 Å². The lowest BCUT2D eigenvalue weighted by molar-refractivity contribution is -0.125. The third-order valence-corrected chi connectivity index (χ3v) is 5.38. The number of methoxy groups -OCH3 is 1. The lowest BCUT2D eigenvalue weighted by atomic mass is 9.93. The average molecular weight is 352 g/mol. The Morgan fingerprint density at radius 2 is 1.92 bits per heavy atom. The van der Waals surface area contributed by atoms with Crippen LogP contribution >= 0.6 is 0 Å². The first-order chi connectivity index (χ1) is 12.8. The molecule has 2 fully saturated rings. The Bertz CT molecular complexity index is 765. The van der Waals surface area contributed by atoms with Gasteiger partial charge in [-0.2, -0.15) is 0 Å². The van der Waals surface area contributed by atoms with Crippen molar-refractivity contribution in [1.82, 2.24) is 10.2 Å². The highest BCUT2D eigenvalue weighted by atomic mass is 16.5. The fourth-order valence-electron chi connectivity index (χ4n) is 4.11. The van der Waals surface area contributed by atoms with Crippen LogP contribution in [0.3, 0.4) is 0 Å². The molecule has 0 unspecified atom stereocenters. The second kappa shape index (κ2) is 7.48. The SMILES string of the molecule is COc1ccccc1CN1C[C@H](c2ccccc2)[C@H]2OCC(=O)NC[C@H]21. The summed E-state index contributed by atoms with van der Waals surface area (Å²) >= 11 is 0. The normalized spacial score (nSPS) is 26.0. The van der Waals surface area contributed by atoms with E-state index in [4.69, 9.17) is 9.47 Å². The van der Waals surface area contributed by atoms with E-state index in [0.29, 0.717) is 6.54 Å². The number of benzene rings is 2. The summed E-state index contributed by atoms with van der Waals surface area (Å²) in [6.07, 6.45) is 0.00561. The molecule has 4 rings (SSSR count). The van der Waals surface area contributed by atoms with Crippen LogP contribution in [0.1, 0.15) is 17.0 Å². The van der Waals surface area contributed by atoms with Crippen molar-refractivity contribution < 1.29 is 14.3 Å². The molecule has 0 aromatic heterocycles. The van der Waals surface area contributed by atoms with Gasteiger partial charge in [0.15, 0.2) is 0 Å². The van der Waals surface area contributed by atoms with E-state index in [1.54, 1.807) is 7.11 Å². The highest BCUT2D eigenvalue weighted by molar-refractivity contribution is 5.77. The first kappa shape index (κ1) is 17.1. The van der Waals surface area contributed by atoms with Crippen LogP contribution in [0, 0.1) is 0 Å². The Morgan fingerprint density at radius 3 is 2.73 bits per heavy atom. The average Bonchev–Trinajstić information content (AvgIpc) is 2.90. The number of nitrogens with one attached hydrogen (secondary N) is 1. The fourth-order valence-corrected chi connectivity index (χ4v) is 4.11. The van der Waals surface area contributed by atoms with E-state index in [-0.39, 0.29) is 30.6 Å². The Hall–Kier alpha value is -2.37. The Labute approximate surface area is 153 Å². The molecule has 3 atom stereocenters. The Balaban J connectivity index is 1.63. The third kappa shape index (κ3) is 3.32. The van der Waals surface area contributed by atoms with E-state index < -0.39 is 0 Å². The molecule has 26 heavy (non-hydrogen) atoms. The maximum Gasteiger partial charge on any atom is 0.246 e. The summed E-state index contributed by atoms with van der Waals surface area (Å²) in [4.78, 5) is 14.3. The first-order valence-corrected chi connectivity index (χ1v) is 9.05. The van der Waals surface area contributed by atoms with Crippen molar-refractivity contribution in [3.05, 3.63) is 65.7 Å². The first-order valence-electron chi connectivity index (χ1n) is 9.05. The van der Waals surface area contributed by atoms with E-state index in [2.05, 4.69) is 40.5 Å². The molecule has 0 saturated carbocycles. The monoisotopic (exact) mass is 352 g/mol. The van der Waals surface area contributed by atoms with Gasteiger partial charge in [-0.3, -0.25) is 9.69 Å². The highest BCUT2D eigenvalue weighted by Crippen LogP contribution is 2.36. The van der Waals surface area contributed by atoms with Gasteiger partial charge in [0.2, 0.25) is 5.91 Å². The van der Waals surface area contributed by atoms with Crippen LogP contribution in [-0.4, -0.2) is 49.8 Å². The van der Waals surface area contributed by atoms with Crippen molar-refractivity contribution in [3.8, 4) is 5.75 Å². The standard InChI is InChI=1S/C21H24N2O3/c1-25-19-10-6-5-9-16(19)12-23-13-17(15-7-3-2-4-8-15)21-18(23)11-22-20(24)14-26-21/h2-10,17-18,21H,11-14H2,1H3,(H,22,24)/t17-,18-,21-/m1/s1. The molecule has 136 valence electrons. The quantitative estimate of drug-likeness (QED) is 0.916. The summed E-state index contributed by atoms with van der Waals surface area (Å²) < 4.78 is 11.6. The molecule has 0 bridgehead atoms. The van der Waals surface area contributed by atoms with Gasteiger partial charge < -0.3 is 14.8 Å². The van der Waals surface area contributed by atoms with Crippen LogP contribution in [0.15, 0.2) is 54.6 Å². The number of carbonyl (C=O) groups is 1. The highest BCUT2D eigenvalue weighted by Gasteiger charge is 2.44. The lowest BCUT2D eigenvalue weighted by Crippen LogP contribution is -2.42. The van der Waals surface area contributed by atoms with Crippen LogP contribution in [0.4, 0.5) is 0 Å². The number of fused-ring (bicyclic) bond motifs is 1. The summed E-state index contributed by atoms with van der Waals surface area (Å²) in [5.41, 5.74) is 2.41. The van der Waals surface area contributed by atoms with E-state index >= 15 is 0 Å². The zero-order valence-electron chi connectivity index (χ0n) is 14.9. The molecular formula is C21H24N2O3. The third-order valence-electron chi connectivity index (χ3n) is 5.38. The minimum Gasteiger partial charge on any atom is -0.496 e. The lowest BCUT2D eigenvalue weighted by Gasteiger charge is -2.26. The molecule has 1 N–H and O–H groups in total. The van der Waals surface area contributed by atoms with Gasteiger partial charge in [-0.1, -0.05) is 48.5 Å². The molecular weight excluding hydrogens is 328 g/mol. The van der Waals surface area contributed by atoms with Crippen LogP contribution in [0.25, 0.3) is 0 Å². The molecule has 0 spiro atoms. The smallest absolute Gasteiger partial charge is 0.246 e. The molecule has 5 nitrogen and oxygen atoms in total. The second-order valence-electron chi connectivity index (χ2n) is 6.91. The van der Waals surface area contributed by atoms with Crippen molar-refractivity contribution in [3.63, 3.8) is 0 Å². The van der Waals surface area contributed by atoms with Gasteiger partial charge in [0.05, 0.1) is 19.3 Å². The number of para-hydroxylation sites is 1. The molecule has 2 heterocycles. The fraction of sp³-hybridized carbons (Fsp3) is 0.381. The predicted molar refractivity (Wildman–Crippen MR) is 99.1 cm³/mol. The van der Waals surface area contributed by atoms with Gasteiger partial charge in [-0.15, -0.1) is 0 Å². The summed E-state index contributed by atoms with van der Waals surface area (Å²) in [5, 5.41) is 3.00. The van der Waals surface area contributed by atoms with Gasteiger partial charge in [0.1, 0.15) is 12.4 Å². The van der Waals surface area contributed by atoms with Gasteiger partial charge in [0.25, 0.3) is 0 Å². The van der Waals surface area contributed by atoms with Crippen molar-refractivity contribution in [2.45, 2.75) is 24.6 Å².